The second kappa shape index (κ2) is 9.02. The molecule has 1 unspecified atom stereocenters. The number of halogens is 3. The van der Waals surface area contributed by atoms with Crippen molar-refractivity contribution in [3.8, 4) is 0 Å². The Morgan fingerprint density at radius 3 is 2.42 bits per heavy atom. The molecule has 0 aliphatic carbocycles. The van der Waals surface area contributed by atoms with Crippen LogP contribution in [0.3, 0.4) is 0 Å². The van der Waals surface area contributed by atoms with Gasteiger partial charge in [0, 0.05) is 17.7 Å². The zero-order valence-electron chi connectivity index (χ0n) is 10.5. The van der Waals surface area contributed by atoms with Crippen molar-refractivity contribution in [3.05, 3.63) is 35.9 Å². The van der Waals surface area contributed by atoms with Gasteiger partial charge in [-0.3, -0.25) is 4.79 Å². The molecule has 0 aliphatic rings. The third kappa shape index (κ3) is 7.25. The summed E-state index contributed by atoms with van der Waals surface area (Å²) in [4.78, 5) is 11.7. The van der Waals surface area contributed by atoms with E-state index in [1.165, 1.54) is 11.8 Å². The molecule has 1 atom stereocenters. The minimum atomic E-state index is -2.58. The fourth-order valence-corrected chi connectivity index (χ4v) is 2.44. The molecular weight excluding hydrogens is 273 g/mol. The maximum atomic E-state index is 13.0. The first-order valence-electron chi connectivity index (χ1n) is 6.24. The minimum Gasteiger partial charge on any atom is -0.282 e. The molecule has 0 saturated heterocycles. The zero-order chi connectivity index (χ0) is 14.1. The van der Waals surface area contributed by atoms with Gasteiger partial charge < -0.3 is 0 Å². The van der Waals surface area contributed by atoms with E-state index >= 15 is 0 Å². The molecule has 1 nitrogen and oxygen atoms in total. The Morgan fingerprint density at radius 1 is 1.11 bits per heavy atom. The van der Waals surface area contributed by atoms with E-state index in [0.29, 0.717) is 24.2 Å². The van der Waals surface area contributed by atoms with Crippen LogP contribution in [0, 0.1) is 0 Å². The van der Waals surface area contributed by atoms with Crippen molar-refractivity contribution in [2.75, 3.05) is 5.75 Å². The van der Waals surface area contributed by atoms with Gasteiger partial charge in [-0.2, -0.15) is 0 Å². The summed E-state index contributed by atoms with van der Waals surface area (Å²) in [5, 5.41) is -0.00928. The molecule has 1 aromatic carbocycles. The van der Waals surface area contributed by atoms with Gasteiger partial charge in [-0.15, -0.1) is 0 Å². The Kier molecular flexibility index (Phi) is 7.63. The van der Waals surface area contributed by atoms with Gasteiger partial charge in [0.1, 0.15) is 6.17 Å². The Morgan fingerprint density at radius 2 is 1.79 bits per heavy atom. The van der Waals surface area contributed by atoms with E-state index in [1.807, 2.05) is 6.07 Å². The highest BCUT2D eigenvalue weighted by molar-refractivity contribution is 8.14. The first-order chi connectivity index (χ1) is 9.09. The molecule has 0 amide bonds. The van der Waals surface area contributed by atoms with Gasteiger partial charge >= 0.3 is 0 Å². The van der Waals surface area contributed by atoms with Crippen LogP contribution in [0.4, 0.5) is 13.2 Å². The second-order valence-corrected chi connectivity index (χ2v) is 5.29. The lowest BCUT2D eigenvalue weighted by Gasteiger charge is -2.06. The Labute approximate surface area is 115 Å². The lowest BCUT2D eigenvalue weighted by Crippen LogP contribution is -2.06. The molecule has 0 heterocycles. The Balaban J connectivity index is 2.10. The van der Waals surface area contributed by atoms with E-state index in [-0.39, 0.29) is 11.5 Å². The standard InChI is InChI=1S/C14H17F3OS/c15-12(10-13(16)17)8-4-5-9-19-14(18)11-6-2-1-3-7-11/h1-3,6-7,12-13H,4-5,8-10H2. The zero-order valence-corrected chi connectivity index (χ0v) is 11.3. The van der Waals surface area contributed by atoms with Crippen LogP contribution in [0.15, 0.2) is 30.3 Å². The maximum absolute atomic E-state index is 13.0. The van der Waals surface area contributed by atoms with Gasteiger partial charge in [-0.05, 0) is 19.3 Å². The molecule has 1 rings (SSSR count). The summed E-state index contributed by atoms with van der Waals surface area (Å²) in [5.41, 5.74) is 0.647. The normalized spacial score (nSPS) is 12.6. The summed E-state index contributed by atoms with van der Waals surface area (Å²) in [6.45, 7) is 0. The Bertz CT molecular complexity index is 370. The van der Waals surface area contributed by atoms with Crippen LogP contribution in [0.25, 0.3) is 0 Å². The number of benzene rings is 1. The van der Waals surface area contributed by atoms with Crippen LogP contribution in [-0.2, 0) is 0 Å². The summed E-state index contributed by atoms with van der Waals surface area (Å²) < 4.78 is 36.7. The molecule has 0 bridgehead atoms. The number of carbonyl (C=O) groups is 1. The highest BCUT2D eigenvalue weighted by Gasteiger charge is 2.13. The monoisotopic (exact) mass is 290 g/mol. The first kappa shape index (κ1) is 16.1. The van der Waals surface area contributed by atoms with Crippen LogP contribution in [0.5, 0.6) is 0 Å². The van der Waals surface area contributed by atoms with E-state index in [1.54, 1.807) is 24.3 Å². The van der Waals surface area contributed by atoms with Crippen molar-refractivity contribution in [1.82, 2.24) is 0 Å². The number of thioether (sulfide) groups is 1. The quantitative estimate of drug-likeness (QED) is 0.644. The average Bonchev–Trinajstić information content (AvgIpc) is 2.38. The fourth-order valence-electron chi connectivity index (χ4n) is 1.60. The molecule has 0 fully saturated rings. The van der Waals surface area contributed by atoms with Gasteiger partial charge in [0.15, 0.2) is 0 Å². The van der Waals surface area contributed by atoms with E-state index in [0.717, 1.165) is 0 Å². The molecule has 106 valence electrons. The molecule has 0 spiro atoms. The van der Waals surface area contributed by atoms with Crippen LogP contribution >= 0.6 is 11.8 Å². The molecule has 0 N–H and O–H groups in total. The minimum absolute atomic E-state index is 0.00928. The van der Waals surface area contributed by atoms with E-state index in [9.17, 15) is 18.0 Å². The van der Waals surface area contributed by atoms with Gasteiger partial charge in [-0.25, -0.2) is 13.2 Å². The number of unbranched alkanes of at least 4 members (excludes halogenated alkanes) is 1. The molecule has 0 aromatic heterocycles. The van der Waals surface area contributed by atoms with E-state index < -0.39 is 19.0 Å². The van der Waals surface area contributed by atoms with Gasteiger partial charge in [0.25, 0.3) is 0 Å². The van der Waals surface area contributed by atoms with Crippen molar-refractivity contribution in [2.24, 2.45) is 0 Å². The van der Waals surface area contributed by atoms with Crippen molar-refractivity contribution in [1.29, 1.82) is 0 Å². The van der Waals surface area contributed by atoms with Crippen LogP contribution < -0.4 is 0 Å². The smallest absolute Gasteiger partial charge is 0.241 e. The second-order valence-electron chi connectivity index (χ2n) is 4.22. The van der Waals surface area contributed by atoms with Crippen LogP contribution in [-0.4, -0.2) is 23.5 Å². The molecule has 1 aromatic rings. The number of hydrogen-bond acceptors (Lipinski definition) is 2. The number of rotatable bonds is 8. The summed E-state index contributed by atoms with van der Waals surface area (Å²) in [7, 11) is 0. The molecule has 0 saturated carbocycles. The number of carbonyl (C=O) groups excluding carboxylic acids is 1. The summed E-state index contributed by atoms with van der Waals surface area (Å²) >= 11 is 1.19. The number of hydrogen-bond donors (Lipinski definition) is 0. The van der Waals surface area contributed by atoms with Crippen molar-refractivity contribution < 1.29 is 18.0 Å². The van der Waals surface area contributed by atoms with Gasteiger partial charge in [0.05, 0.1) is 0 Å². The average molecular weight is 290 g/mol. The molecular formula is C14H17F3OS. The molecule has 5 heteroatoms. The topological polar surface area (TPSA) is 17.1 Å². The largest absolute Gasteiger partial charge is 0.282 e. The van der Waals surface area contributed by atoms with E-state index in [2.05, 4.69) is 0 Å². The van der Waals surface area contributed by atoms with Crippen molar-refractivity contribution in [2.45, 2.75) is 38.3 Å². The predicted molar refractivity (Wildman–Crippen MR) is 72.6 cm³/mol. The predicted octanol–water partition coefficient (Wildman–Crippen LogP) is 4.72. The molecule has 19 heavy (non-hydrogen) atoms. The summed E-state index contributed by atoms with van der Waals surface area (Å²) in [6, 6.07) is 8.93. The first-order valence-corrected chi connectivity index (χ1v) is 7.22. The van der Waals surface area contributed by atoms with Crippen LogP contribution in [0.1, 0.15) is 36.0 Å². The van der Waals surface area contributed by atoms with E-state index in [4.69, 9.17) is 0 Å². The molecule has 0 radical (unpaired) electrons. The van der Waals surface area contributed by atoms with Gasteiger partial charge in [0.2, 0.25) is 11.5 Å². The Hall–Kier alpha value is -0.970. The highest BCUT2D eigenvalue weighted by Crippen LogP contribution is 2.17. The SMILES string of the molecule is O=C(SCCCCC(F)CC(F)F)c1ccccc1. The lowest BCUT2D eigenvalue weighted by molar-refractivity contribution is 0.0967. The summed E-state index contributed by atoms with van der Waals surface area (Å²) in [5.74, 6) is 0.592. The van der Waals surface area contributed by atoms with Crippen molar-refractivity contribution >= 4 is 16.9 Å². The van der Waals surface area contributed by atoms with Crippen LogP contribution in [0.2, 0.25) is 0 Å². The third-order valence-electron chi connectivity index (χ3n) is 2.59. The third-order valence-corrected chi connectivity index (χ3v) is 3.58. The number of alkyl halides is 3. The van der Waals surface area contributed by atoms with Gasteiger partial charge in [-0.1, -0.05) is 42.1 Å². The molecule has 0 aliphatic heterocycles. The highest BCUT2D eigenvalue weighted by atomic mass is 32.2. The summed E-state index contributed by atoms with van der Waals surface area (Å²) in [6.07, 6.45) is -3.37. The maximum Gasteiger partial charge on any atom is 0.241 e. The fraction of sp³-hybridized carbons (Fsp3) is 0.500. The lowest BCUT2D eigenvalue weighted by atomic mass is 10.1. The van der Waals surface area contributed by atoms with Crippen molar-refractivity contribution in [3.63, 3.8) is 0 Å².